The van der Waals surface area contributed by atoms with E-state index in [-0.39, 0.29) is 39.7 Å². The number of hydrogen-bond acceptors (Lipinski definition) is 9. The highest BCUT2D eigenvalue weighted by atomic mass is 19.3. The number of aromatic amines is 2. The molecule has 0 spiro atoms. The number of aliphatic carboxylic acids is 1. The molecular weight excluding hydrogens is 801 g/mol. The Morgan fingerprint density at radius 3 is 1.54 bits per heavy atom. The molecule has 0 unspecified atom stereocenters. The number of nitrogens with two attached hydrogens (primary N) is 1. The number of amides is 1. The quantitative estimate of drug-likeness (QED) is 0.105. The maximum atomic E-state index is 13.3. The van der Waals surface area contributed by atoms with Crippen molar-refractivity contribution in [2.45, 2.75) is 101 Å². The van der Waals surface area contributed by atoms with Gasteiger partial charge in [0.25, 0.3) is 0 Å². The largest absolute Gasteiger partial charge is 0.586 e. The number of rotatable bonds is 5. The van der Waals surface area contributed by atoms with Crippen molar-refractivity contribution in [3.8, 4) is 23.0 Å². The van der Waals surface area contributed by atoms with Gasteiger partial charge in [0.2, 0.25) is 5.91 Å². The highest BCUT2D eigenvalue weighted by molar-refractivity contribution is 6.01. The van der Waals surface area contributed by atoms with E-state index < -0.39 is 29.4 Å². The molecule has 2 aromatic carbocycles. The van der Waals surface area contributed by atoms with Crippen LogP contribution in [0, 0.1) is 0 Å². The van der Waals surface area contributed by atoms with Crippen LogP contribution >= 0.6 is 0 Å². The first-order valence-corrected chi connectivity index (χ1v) is 19.6. The molecule has 0 saturated heterocycles. The summed E-state index contributed by atoms with van der Waals surface area (Å²) in [6.07, 6.45) is -5.08. The first kappa shape index (κ1) is 41.2. The van der Waals surface area contributed by atoms with Gasteiger partial charge in [-0.15, -0.1) is 17.6 Å². The number of fused-ring (bicyclic) bond motifs is 4. The molecule has 17 heteroatoms. The van der Waals surface area contributed by atoms with E-state index in [1.54, 1.807) is 12.1 Å². The van der Waals surface area contributed by atoms with E-state index in [1.807, 2.05) is 24.3 Å². The van der Waals surface area contributed by atoms with Gasteiger partial charge in [0.05, 0.1) is 32.9 Å². The van der Waals surface area contributed by atoms with Gasteiger partial charge < -0.3 is 45.1 Å². The number of ether oxygens (including phenoxy) is 4. The van der Waals surface area contributed by atoms with Crippen LogP contribution < -0.4 is 30.0 Å². The molecule has 2 aliphatic carbocycles. The molecule has 0 bridgehead atoms. The lowest BCUT2D eigenvalue weighted by molar-refractivity contribution is -0.287. The summed E-state index contributed by atoms with van der Waals surface area (Å²) in [7, 11) is 0. The van der Waals surface area contributed by atoms with Crippen molar-refractivity contribution < 1.29 is 51.2 Å². The highest BCUT2D eigenvalue weighted by Gasteiger charge is 2.54. The minimum atomic E-state index is -3.68. The van der Waals surface area contributed by atoms with E-state index in [2.05, 4.69) is 91.8 Å². The Balaban J connectivity index is 0.000000140. The number of H-pyrrole nitrogens is 2. The Morgan fingerprint density at radius 1 is 0.639 bits per heavy atom. The first-order valence-electron chi connectivity index (χ1n) is 19.6. The SMILES string of the molecule is CC(C)(C)c1cc2nc(N)ccc2[nH]1.CC(C)(C)c1cc2nc(NC(=O)C3(c4ccc5c(c4)OC(F)(F)O5)CC3)ccc2[nH]1.O=C(O)C1(c2ccc3c(c2)OC(F)(F)O3)CC1. The molecule has 2 aliphatic heterocycles. The Hall–Kier alpha value is -6.52. The summed E-state index contributed by atoms with van der Waals surface area (Å²) in [4.78, 5) is 39.6. The second kappa shape index (κ2) is 14.0. The lowest BCUT2D eigenvalue weighted by atomic mass is 9.93. The fourth-order valence-electron chi connectivity index (χ4n) is 7.16. The number of benzene rings is 2. The molecule has 320 valence electrons. The number of anilines is 2. The van der Waals surface area contributed by atoms with Crippen molar-refractivity contribution in [2.24, 2.45) is 0 Å². The van der Waals surface area contributed by atoms with Crippen molar-refractivity contribution >= 4 is 45.6 Å². The zero-order valence-corrected chi connectivity index (χ0v) is 34.1. The molecule has 0 atom stereocenters. The molecule has 4 aromatic heterocycles. The Labute approximate surface area is 347 Å². The molecule has 2 saturated carbocycles. The van der Waals surface area contributed by atoms with Crippen molar-refractivity contribution in [2.75, 3.05) is 11.1 Å². The Morgan fingerprint density at radius 2 is 1.08 bits per heavy atom. The summed E-state index contributed by atoms with van der Waals surface area (Å²) >= 11 is 0. The van der Waals surface area contributed by atoms with Crippen LogP contribution in [-0.4, -0.2) is 49.5 Å². The van der Waals surface area contributed by atoms with E-state index in [0.717, 1.165) is 27.8 Å². The van der Waals surface area contributed by atoms with Crippen LogP contribution in [0.2, 0.25) is 0 Å². The molecule has 6 heterocycles. The molecule has 0 radical (unpaired) electrons. The third-order valence-electron chi connectivity index (χ3n) is 11.1. The number of carboxylic acid groups (broad SMARTS) is 1. The van der Waals surface area contributed by atoms with Gasteiger partial charge in [-0.05, 0) is 97.5 Å². The summed E-state index contributed by atoms with van der Waals surface area (Å²) in [5.74, 6) is -0.413. The number of carbonyl (C=O) groups excluding carboxylic acids is 1. The average molecular weight is 845 g/mol. The molecule has 4 aliphatic rings. The van der Waals surface area contributed by atoms with Gasteiger partial charge in [0.15, 0.2) is 23.0 Å². The molecule has 1 amide bonds. The number of pyridine rings is 2. The van der Waals surface area contributed by atoms with Crippen molar-refractivity contribution in [3.63, 3.8) is 0 Å². The second-order valence-corrected chi connectivity index (χ2v) is 17.7. The zero-order chi connectivity index (χ0) is 43.9. The molecule has 6 aromatic rings. The standard InChI is InChI=1S/C22H21F2N3O3.C11H8F2O4.C11H15N3/c1-20(2,3)17-11-14-13(25-17)5-7-18(26-14)27-19(28)21(8-9-21)12-4-6-15-16(10-12)30-22(23,24)29-15;12-11(13)16-7-2-1-6(5-8(7)17-11)10(3-4-10)9(14)15;1-11(2,3)9-6-8-7(13-9)4-5-10(12)14-8/h4-7,10-11,25H,8-9H2,1-3H3,(H,26,27,28);1-2,5H,3-4H2,(H,14,15);4-6,13H,1-3H3,(H2,12,14). The van der Waals surface area contributed by atoms with Crippen molar-refractivity contribution in [3.05, 3.63) is 95.3 Å². The number of nitrogen functional groups attached to an aromatic ring is 1. The van der Waals surface area contributed by atoms with E-state index in [0.29, 0.717) is 48.4 Å². The molecular formula is C44H44F4N6O7. The maximum Gasteiger partial charge on any atom is 0.586 e. The summed E-state index contributed by atoms with van der Waals surface area (Å²) < 4.78 is 69.6. The van der Waals surface area contributed by atoms with E-state index in [9.17, 15) is 27.2 Å². The number of nitrogens with zero attached hydrogens (tertiary/aromatic N) is 2. The second-order valence-electron chi connectivity index (χ2n) is 17.7. The lowest BCUT2D eigenvalue weighted by Gasteiger charge is -2.16. The number of carbonyl (C=O) groups is 2. The average Bonchev–Trinajstić information content (AvgIpc) is 3.98. The van der Waals surface area contributed by atoms with E-state index in [4.69, 9.17) is 10.8 Å². The van der Waals surface area contributed by atoms with Gasteiger partial charge in [-0.3, -0.25) is 9.59 Å². The van der Waals surface area contributed by atoms with Gasteiger partial charge in [-0.1, -0.05) is 53.7 Å². The number of aromatic nitrogens is 4. The Kier molecular flexibility index (Phi) is 9.48. The summed E-state index contributed by atoms with van der Waals surface area (Å²) in [5.41, 5.74) is 11.0. The van der Waals surface area contributed by atoms with Gasteiger partial charge in [-0.25, -0.2) is 9.97 Å². The minimum absolute atomic E-state index is 0.0332. The van der Waals surface area contributed by atoms with Crippen LogP contribution in [0.5, 0.6) is 23.0 Å². The third kappa shape index (κ3) is 8.20. The van der Waals surface area contributed by atoms with Crippen LogP contribution in [0.3, 0.4) is 0 Å². The lowest BCUT2D eigenvalue weighted by Crippen LogP contribution is -2.28. The number of carboxylic acids is 1. The highest BCUT2D eigenvalue weighted by Crippen LogP contribution is 2.53. The topological polar surface area (TPSA) is 187 Å². The fraction of sp³-hybridized carbons (Fsp3) is 0.364. The molecule has 2 fully saturated rings. The van der Waals surface area contributed by atoms with Gasteiger partial charge in [-0.2, -0.15) is 0 Å². The fourth-order valence-corrected chi connectivity index (χ4v) is 7.16. The van der Waals surface area contributed by atoms with Gasteiger partial charge in [0.1, 0.15) is 11.6 Å². The van der Waals surface area contributed by atoms with E-state index in [1.165, 1.54) is 36.0 Å². The Bertz CT molecular complexity index is 2710. The molecule has 13 nitrogen and oxygen atoms in total. The predicted molar refractivity (Wildman–Crippen MR) is 217 cm³/mol. The van der Waals surface area contributed by atoms with Gasteiger partial charge in [0, 0.05) is 22.2 Å². The van der Waals surface area contributed by atoms with Crippen LogP contribution in [0.15, 0.2) is 72.8 Å². The van der Waals surface area contributed by atoms with Gasteiger partial charge >= 0.3 is 18.6 Å². The minimum Gasteiger partial charge on any atom is -0.481 e. The maximum absolute atomic E-state index is 13.3. The number of alkyl halides is 4. The summed E-state index contributed by atoms with van der Waals surface area (Å²) in [6.45, 7) is 12.8. The van der Waals surface area contributed by atoms with Crippen LogP contribution in [0.1, 0.15) is 89.7 Å². The van der Waals surface area contributed by atoms with Crippen LogP contribution in [0.25, 0.3) is 22.1 Å². The zero-order valence-electron chi connectivity index (χ0n) is 34.1. The number of hydrogen-bond donors (Lipinski definition) is 5. The van der Waals surface area contributed by atoms with Crippen molar-refractivity contribution in [1.29, 1.82) is 0 Å². The molecule has 6 N–H and O–H groups in total. The smallest absolute Gasteiger partial charge is 0.481 e. The van der Waals surface area contributed by atoms with Crippen LogP contribution in [-0.2, 0) is 31.2 Å². The molecule has 61 heavy (non-hydrogen) atoms. The third-order valence-corrected chi connectivity index (χ3v) is 11.1. The van der Waals surface area contributed by atoms with Crippen molar-refractivity contribution in [1.82, 2.24) is 19.9 Å². The summed E-state index contributed by atoms with van der Waals surface area (Å²) in [5, 5.41) is 12.0. The summed E-state index contributed by atoms with van der Waals surface area (Å²) in [6, 6.07) is 20.1. The monoisotopic (exact) mass is 844 g/mol. The first-order chi connectivity index (χ1) is 28.5. The van der Waals surface area contributed by atoms with Crippen LogP contribution in [0.4, 0.5) is 29.2 Å². The normalized spacial score (nSPS) is 18.1. The molecule has 10 rings (SSSR count). The number of halogens is 4. The number of nitrogens with one attached hydrogen (secondary N) is 3. The predicted octanol–water partition coefficient (Wildman–Crippen LogP) is 9.42. The van der Waals surface area contributed by atoms with E-state index >= 15 is 0 Å².